The lowest BCUT2D eigenvalue weighted by atomic mass is 9.67. The molecular formula is C33H28BrI. The SMILES string of the molecule is C=CCCc1ccc(C2(c3ccc(CCC=C)cc3)c3cc(Br)ccc3-c3ccc(I)cc32)cc1. The van der Waals surface area contributed by atoms with Crippen molar-refractivity contribution in [2.45, 2.75) is 31.1 Å². The molecular weight excluding hydrogens is 603 g/mol. The molecule has 1 aliphatic rings. The van der Waals surface area contributed by atoms with Crippen LogP contribution in [-0.2, 0) is 18.3 Å². The molecule has 5 rings (SSSR count). The van der Waals surface area contributed by atoms with E-state index in [0.717, 1.165) is 30.2 Å². The fourth-order valence-electron chi connectivity index (χ4n) is 5.44. The predicted octanol–water partition coefficient (Wildman–Crippen LogP) is 9.65. The van der Waals surface area contributed by atoms with E-state index < -0.39 is 0 Å². The van der Waals surface area contributed by atoms with Crippen LogP contribution in [0.1, 0.15) is 46.2 Å². The summed E-state index contributed by atoms with van der Waals surface area (Å²) in [6.07, 6.45) is 8.01. The quantitative estimate of drug-likeness (QED) is 0.118. The van der Waals surface area contributed by atoms with Crippen LogP contribution in [0, 0.1) is 3.57 Å². The molecule has 0 nitrogen and oxygen atoms in total. The first-order valence-electron chi connectivity index (χ1n) is 12.1. The summed E-state index contributed by atoms with van der Waals surface area (Å²) in [6, 6.07) is 32.2. The third kappa shape index (κ3) is 4.36. The fourth-order valence-corrected chi connectivity index (χ4v) is 6.29. The highest BCUT2D eigenvalue weighted by Gasteiger charge is 2.46. The van der Waals surface area contributed by atoms with Crippen molar-refractivity contribution < 1.29 is 0 Å². The summed E-state index contributed by atoms with van der Waals surface area (Å²) < 4.78 is 2.36. The molecule has 0 atom stereocenters. The van der Waals surface area contributed by atoms with Crippen LogP contribution in [0.25, 0.3) is 11.1 Å². The summed E-state index contributed by atoms with van der Waals surface area (Å²) in [5.41, 5.74) is 10.3. The summed E-state index contributed by atoms with van der Waals surface area (Å²) in [5, 5.41) is 0. The number of allylic oxidation sites excluding steroid dienone is 2. The summed E-state index contributed by atoms with van der Waals surface area (Å²) in [6.45, 7) is 7.78. The number of fused-ring (bicyclic) bond motifs is 3. The van der Waals surface area contributed by atoms with Crippen molar-refractivity contribution in [1.29, 1.82) is 0 Å². The smallest absolute Gasteiger partial charge is 0.0714 e. The Morgan fingerprint density at radius 2 is 1.14 bits per heavy atom. The van der Waals surface area contributed by atoms with Gasteiger partial charge in [-0.2, -0.15) is 0 Å². The lowest BCUT2D eigenvalue weighted by molar-refractivity contribution is 0.764. The molecule has 35 heavy (non-hydrogen) atoms. The molecule has 0 aromatic heterocycles. The van der Waals surface area contributed by atoms with Gasteiger partial charge in [0.25, 0.3) is 0 Å². The first-order chi connectivity index (χ1) is 17.1. The van der Waals surface area contributed by atoms with Crippen LogP contribution >= 0.6 is 38.5 Å². The Kier molecular flexibility index (Phi) is 7.13. The summed E-state index contributed by atoms with van der Waals surface area (Å²) in [7, 11) is 0. The summed E-state index contributed by atoms with van der Waals surface area (Å²) in [5.74, 6) is 0. The third-order valence-corrected chi connectivity index (χ3v) is 8.27. The van der Waals surface area contributed by atoms with Gasteiger partial charge in [-0.15, -0.1) is 13.2 Å². The van der Waals surface area contributed by atoms with Crippen molar-refractivity contribution in [2.75, 3.05) is 0 Å². The minimum Gasteiger partial charge on any atom is -0.103 e. The van der Waals surface area contributed by atoms with Crippen LogP contribution in [0.5, 0.6) is 0 Å². The van der Waals surface area contributed by atoms with Crippen molar-refractivity contribution in [1.82, 2.24) is 0 Å². The van der Waals surface area contributed by atoms with Gasteiger partial charge < -0.3 is 0 Å². The Hall–Kier alpha value is -2.43. The van der Waals surface area contributed by atoms with Gasteiger partial charge in [0.1, 0.15) is 0 Å². The Balaban J connectivity index is 1.78. The van der Waals surface area contributed by atoms with E-state index in [2.05, 4.69) is 137 Å². The molecule has 1 aliphatic carbocycles. The molecule has 0 N–H and O–H groups in total. The minimum absolute atomic E-state index is 0.371. The monoisotopic (exact) mass is 630 g/mol. The van der Waals surface area contributed by atoms with Gasteiger partial charge in [-0.1, -0.05) is 88.7 Å². The van der Waals surface area contributed by atoms with Crippen molar-refractivity contribution >= 4 is 38.5 Å². The maximum atomic E-state index is 3.89. The minimum atomic E-state index is -0.371. The number of benzene rings is 4. The highest BCUT2D eigenvalue weighted by atomic mass is 127. The molecule has 0 bridgehead atoms. The lowest BCUT2D eigenvalue weighted by Crippen LogP contribution is -2.28. The third-order valence-electron chi connectivity index (χ3n) is 7.11. The first-order valence-corrected chi connectivity index (χ1v) is 14.0. The van der Waals surface area contributed by atoms with Crippen molar-refractivity contribution in [3.8, 4) is 11.1 Å². The van der Waals surface area contributed by atoms with Crippen LogP contribution < -0.4 is 0 Å². The van der Waals surface area contributed by atoms with E-state index in [-0.39, 0.29) is 5.41 Å². The second-order valence-electron chi connectivity index (χ2n) is 9.18. The molecule has 0 spiro atoms. The van der Waals surface area contributed by atoms with Gasteiger partial charge in [0, 0.05) is 8.04 Å². The van der Waals surface area contributed by atoms with Gasteiger partial charge in [0.05, 0.1) is 5.41 Å². The fraction of sp³-hybridized carbons (Fsp3) is 0.152. The van der Waals surface area contributed by atoms with Crippen molar-refractivity contribution in [3.63, 3.8) is 0 Å². The van der Waals surface area contributed by atoms with E-state index in [1.165, 1.54) is 48.1 Å². The zero-order valence-electron chi connectivity index (χ0n) is 19.7. The van der Waals surface area contributed by atoms with E-state index in [4.69, 9.17) is 0 Å². The lowest BCUT2D eigenvalue weighted by Gasteiger charge is -2.34. The maximum Gasteiger partial charge on any atom is 0.0714 e. The molecule has 174 valence electrons. The average molecular weight is 631 g/mol. The van der Waals surface area contributed by atoms with E-state index in [1.54, 1.807) is 0 Å². The largest absolute Gasteiger partial charge is 0.103 e. The highest BCUT2D eigenvalue weighted by Crippen LogP contribution is 2.56. The molecule has 0 aliphatic heterocycles. The Morgan fingerprint density at radius 3 is 1.66 bits per heavy atom. The second-order valence-corrected chi connectivity index (χ2v) is 11.3. The summed E-state index contributed by atoms with van der Waals surface area (Å²) in [4.78, 5) is 0. The second kappa shape index (κ2) is 10.3. The normalized spacial score (nSPS) is 13.2. The number of halogens is 2. The first kappa shape index (κ1) is 24.3. The Labute approximate surface area is 231 Å². The molecule has 4 aromatic carbocycles. The van der Waals surface area contributed by atoms with Crippen LogP contribution in [0.3, 0.4) is 0 Å². The number of aryl methyl sites for hydroxylation is 2. The Morgan fingerprint density at radius 1 is 0.657 bits per heavy atom. The van der Waals surface area contributed by atoms with Crippen LogP contribution in [0.4, 0.5) is 0 Å². The summed E-state index contributed by atoms with van der Waals surface area (Å²) >= 11 is 6.23. The topological polar surface area (TPSA) is 0 Å². The van der Waals surface area contributed by atoms with Gasteiger partial charge in [0.15, 0.2) is 0 Å². The van der Waals surface area contributed by atoms with Gasteiger partial charge in [0.2, 0.25) is 0 Å². The molecule has 0 radical (unpaired) electrons. The van der Waals surface area contributed by atoms with Crippen molar-refractivity contribution in [2.24, 2.45) is 0 Å². The molecule has 0 amide bonds. The molecule has 0 saturated heterocycles. The van der Waals surface area contributed by atoms with Crippen LogP contribution in [0.2, 0.25) is 0 Å². The van der Waals surface area contributed by atoms with E-state index in [9.17, 15) is 0 Å². The van der Waals surface area contributed by atoms with E-state index in [0.29, 0.717) is 0 Å². The zero-order chi connectivity index (χ0) is 24.4. The predicted molar refractivity (Wildman–Crippen MR) is 161 cm³/mol. The molecule has 0 unspecified atom stereocenters. The number of hydrogen-bond acceptors (Lipinski definition) is 0. The van der Waals surface area contributed by atoms with E-state index in [1.807, 2.05) is 12.2 Å². The molecule has 4 aromatic rings. The molecule has 0 heterocycles. The number of rotatable bonds is 8. The highest BCUT2D eigenvalue weighted by molar-refractivity contribution is 14.1. The van der Waals surface area contributed by atoms with Gasteiger partial charge >= 0.3 is 0 Å². The Bertz CT molecular complexity index is 1270. The molecule has 0 saturated carbocycles. The van der Waals surface area contributed by atoms with Gasteiger partial charge in [-0.3, -0.25) is 0 Å². The van der Waals surface area contributed by atoms with Crippen LogP contribution in [0.15, 0.2) is 115 Å². The van der Waals surface area contributed by atoms with E-state index >= 15 is 0 Å². The molecule has 0 fully saturated rings. The van der Waals surface area contributed by atoms with Crippen molar-refractivity contribution in [3.05, 3.63) is 152 Å². The van der Waals surface area contributed by atoms with Crippen LogP contribution in [-0.4, -0.2) is 0 Å². The number of hydrogen-bond donors (Lipinski definition) is 0. The standard InChI is InChI=1S/C33H28BrI/c1-3-5-7-23-9-13-25(14-10-23)33(26-15-11-24(12-16-26)8-6-4-2)31-21-27(34)17-19-29(31)30-20-18-28(35)22-32(30)33/h3-4,9-22H,1-2,5-8H2. The van der Waals surface area contributed by atoms with Gasteiger partial charge in [-0.05, 0) is 117 Å². The molecule has 2 heteroatoms. The van der Waals surface area contributed by atoms with Gasteiger partial charge in [-0.25, -0.2) is 0 Å². The zero-order valence-corrected chi connectivity index (χ0v) is 23.5. The maximum absolute atomic E-state index is 3.89. The average Bonchev–Trinajstić information content (AvgIpc) is 3.16.